The van der Waals surface area contributed by atoms with Crippen molar-refractivity contribution in [2.24, 2.45) is 0 Å². The molecule has 242 valence electrons. The van der Waals surface area contributed by atoms with Crippen LogP contribution in [0.2, 0.25) is 0 Å². The Labute approximate surface area is 254 Å². The largest absolute Gasteiger partial charge is 0.326 e. The number of rotatable bonds is 28. The van der Waals surface area contributed by atoms with Gasteiger partial charge in [0, 0.05) is 0 Å². The highest BCUT2D eigenvalue weighted by Gasteiger charge is 1.91. The Morgan fingerprint density at radius 2 is 0.500 bits per heavy atom. The number of unbranched alkanes of at least 4 members (excludes halogenated alkanes) is 24. The van der Waals surface area contributed by atoms with Crippen LogP contribution in [-0.4, -0.2) is 9.79 Å². The predicted octanol–water partition coefficient (Wildman–Crippen LogP) is 13.4. The van der Waals surface area contributed by atoms with E-state index in [1.54, 1.807) is 0 Å². The van der Waals surface area contributed by atoms with Gasteiger partial charge in [0.05, 0.1) is 0 Å². The Hall–Kier alpha value is -0.370. The van der Waals surface area contributed by atoms with Gasteiger partial charge in [0.15, 0.2) is 0 Å². The van der Waals surface area contributed by atoms with Crippen LogP contribution in [0, 0.1) is 0 Å². The van der Waals surface area contributed by atoms with E-state index in [1.165, 1.54) is 180 Å². The molecule has 0 radical (unpaired) electrons. The molecular formula is C36H75O3P. The maximum absolute atomic E-state index is 8.74. The third-order valence-corrected chi connectivity index (χ3v) is 7.23. The lowest BCUT2D eigenvalue weighted by atomic mass is 10.1. The Morgan fingerprint density at radius 1 is 0.350 bits per heavy atom. The van der Waals surface area contributed by atoms with Crippen molar-refractivity contribution in [1.82, 2.24) is 0 Å². The summed E-state index contributed by atoms with van der Waals surface area (Å²) >= 11 is 0. The molecule has 0 aromatic rings. The van der Waals surface area contributed by atoms with Gasteiger partial charge >= 0.3 is 8.25 Å². The van der Waals surface area contributed by atoms with Crippen molar-refractivity contribution >= 4 is 8.25 Å². The van der Waals surface area contributed by atoms with Crippen LogP contribution in [0.5, 0.6) is 0 Å². The zero-order valence-electron chi connectivity index (χ0n) is 27.9. The highest BCUT2D eigenvalue weighted by molar-refractivity contribution is 7.30. The SMILES string of the molecule is CCCCCCCC/C=C\CCCCCCCC.CCCCCCCC/C=C\CCCCCCCC.O=[PH](O)O. The number of allylic oxidation sites excluding steroid dienone is 4. The fourth-order valence-corrected chi connectivity index (χ4v) is 4.64. The molecule has 0 aliphatic carbocycles. The molecule has 40 heavy (non-hydrogen) atoms. The summed E-state index contributed by atoms with van der Waals surface area (Å²) in [5.74, 6) is 0. The Morgan fingerprint density at radius 3 is 0.675 bits per heavy atom. The molecule has 0 rings (SSSR count). The molecule has 0 heterocycles. The Bertz CT molecular complexity index is 412. The van der Waals surface area contributed by atoms with Gasteiger partial charge in [0.25, 0.3) is 0 Å². The van der Waals surface area contributed by atoms with Gasteiger partial charge in [0.1, 0.15) is 0 Å². The smallest absolute Gasteiger partial charge is 0.314 e. The van der Waals surface area contributed by atoms with Gasteiger partial charge in [-0.15, -0.1) is 0 Å². The first-order valence-corrected chi connectivity index (χ1v) is 19.1. The van der Waals surface area contributed by atoms with E-state index < -0.39 is 8.25 Å². The number of hydrogen-bond donors (Lipinski definition) is 2. The Balaban J connectivity index is -0.000000603. The molecule has 0 saturated carbocycles. The van der Waals surface area contributed by atoms with Crippen LogP contribution in [-0.2, 0) is 4.57 Å². The molecule has 0 aliphatic rings. The van der Waals surface area contributed by atoms with E-state index in [2.05, 4.69) is 52.0 Å². The minimum absolute atomic E-state index is 1.31. The second-order valence-electron chi connectivity index (χ2n) is 11.5. The van der Waals surface area contributed by atoms with Gasteiger partial charge < -0.3 is 9.79 Å². The summed E-state index contributed by atoms with van der Waals surface area (Å²) in [6.45, 7) is 9.13. The van der Waals surface area contributed by atoms with Crippen LogP contribution in [0.25, 0.3) is 0 Å². The molecule has 0 aliphatic heterocycles. The second kappa shape index (κ2) is 45.6. The van der Waals surface area contributed by atoms with E-state index in [0.717, 1.165) is 0 Å². The molecule has 0 amide bonds. The monoisotopic (exact) mass is 587 g/mol. The lowest BCUT2D eigenvalue weighted by Gasteiger charge is -1.98. The van der Waals surface area contributed by atoms with Gasteiger partial charge in [-0.05, 0) is 51.4 Å². The minimum Gasteiger partial charge on any atom is -0.326 e. The first-order valence-electron chi connectivity index (χ1n) is 17.8. The van der Waals surface area contributed by atoms with Crippen LogP contribution in [0.4, 0.5) is 0 Å². The second-order valence-corrected chi connectivity index (χ2v) is 12.0. The molecular weight excluding hydrogens is 511 g/mol. The third kappa shape index (κ3) is 57.5. The van der Waals surface area contributed by atoms with E-state index >= 15 is 0 Å². The highest BCUT2D eigenvalue weighted by Crippen LogP contribution is 2.11. The van der Waals surface area contributed by atoms with Crippen molar-refractivity contribution in [3.05, 3.63) is 24.3 Å². The zero-order chi connectivity index (χ0) is 30.2. The highest BCUT2D eigenvalue weighted by atomic mass is 31.1. The summed E-state index contributed by atoms with van der Waals surface area (Å²) in [6, 6.07) is 0. The van der Waals surface area contributed by atoms with Crippen molar-refractivity contribution in [3.8, 4) is 0 Å². The average molecular weight is 587 g/mol. The molecule has 4 heteroatoms. The van der Waals surface area contributed by atoms with Crippen LogP contribution in [0.3, 0.4) is 0 Å². The summed E-state index contributed by atoms with van der Waals surface area (Å²) < 4.78 is 8.74. The van der Waals surface area contributed by atoms with Gasteiger partial charge in [-0.3, -0.25) is 4.57 Å². The maximum atomic E-state index is 8.74. The van der Waals surface area contributed by atoms with Crippen LogP contribution in [0.1, 0.15) is 207 Å². The van der Waals surface area contributed by atoms with Gasteiger partial charge in [-0.1, -0.05) is 180 Å². The van der Waals surface area contributed by atoms with E-state index in [0.29, 0.717) is 0 Å². The van der Waals surface area contributed by atoms with Crippen molar-refractivity contribution < 1.29 is 14.4 Å². The van der Waals surface area contributed by atoms with Gasteiger partial charge in [-0.25, -0.2) is 0 Å². The van der Waals surface area contributed by atoms with E-state index in [4.69, 9.17) is 14.4 Å². The zero-order valence-corrected chi connectivity index (χ0v) is 28.9. The predicted molar refractivity (Wildman–Crippen MR) is 184 cm³/mol. The molecule has 0 unspecified atom stereocenters. The van der Waals surface area contributed by atoms with E-state index in [-0.39, 0.29) is 0 Å². The first-order chi connectivity index (χ1) is 19.6. The van der Waals surface area contributed by atoms with Crippen LogP contribution in [0.15, 0.2) is 24.3 Å². The Kier molecular flexibility index (Phi) is 50.3. The number of hydrogen-bond acceptors (Lipinski definition) is 1. The first kappa shape index (κ1) is 44.1. The molecule has 0 aromatic heterocycles. The van der Waals surface area contributed by atoms with Crippen molar-refractivity contribution in [2.45, 2.75) is 207 Å². The summed E-state index contributed by atoms with van der Waals surface area (Å²) in [5.41, 5.74) is 0. The summed E-state index contributed by atoms with van der Waals surface area (Å²) in [5, 5.41) is 0. The topological polar surface area (TPSA) is 57.5 Å². The average Bonchev–Trinajstić information content (AvgIpc) is 2.93. The molecule has 0 saturated heterocycles. The summed E-state index contributed by atoms with van der Waals surface area (Å²) in [4.78, 5) is 14.3. The van der Waals surface area contributed by atoms with Crippen molar-refractivity contribution in [2.75, 3.05) is 0 Å². The van der Waals surface area contributed by atoms with Crippen LogP contribution >= 0.6 is 8.25 Å². The standard InChI is InChI=1S/2C18H36.H3O3P/c2*1-3-5-7-9-11-13-15-17-18-16-14-12-10-8-6-4-2;1-4(2)3/h2*17-18H,3-16H2,1-2H3;4H,(H2,1,2,3)/b2*18-17-;. The summed E-state index contributed by atoms with van der Waals surface area (Å²) in [6.07, 6.45) is 48.9. The molecule has 0 bridgehead atoms. The normalized spacial score (nSPS) is 11.2. The fourth-order valence-electron chi connectivity index (χ4n) is 4.64. The molecule has 0 spiro atoms. The molecule has 0 atom stereocenters. The lowest BCUT2D eigenvalue weighted by molar-refractivity contribution is 0.405. The summed E-state index contributed by atoms with van der Waals surface area (Å²) in [7, 11) is -3.13. The maximum Gasteiger partial charge on any atom is 0.314 e. The van der Waals surface area contributed by atoms with Crippen molar-refractivity contribution in [1.29, 1.82) is 0 Å². The fraction of sp³-hybridized carbons (Fsp3) is 0.889. The van der Waals surface area contributed by atoms with Crippen LogP contribution < -0.4 is 0 Å². The van der Waals surface area contributed by atoms with E-state index in [1.807, 2.05) is 0 Å². The van der Waals surface area contributed by atoms with E-state index in [9.17, 15) is 0 Å². The van der Waals surface area contributed by atoms with Gasteiger partial charge in [0.2, 0.25) is 0 Å². The van der Waals surface area contributed by atoms with Gasteiger partial charge in [-0.2, -0.15) is 0 Å². The quantitative estimate of drug-likeness (QED) is 0.0544. The molecule has 0 fully saturated rings. The minimum atomic E-state index is -3.13. The molecule has 2 N–H and O–H groups in total. The molecule has 3 nitrogen and oxygen atoms in total. The van der Waals surface area contributed by atoms with Crippen molar-refractivity contribution in [3.63, 3.8) is 0 Å². The lowest BCUT2D eigenvalue weighted by Crippen LogP contribution is -1.79. The molecule has 0 aromatic carbocycles. The third-order valence-electron chi connectivity index (χ3n) is 7.23.